The molecule has 2 aromatic carbocycles. The molecule has 0 spiro atoms. The first-order valence-corrected chi connectivity index (χ1v) is 12.6. The van der Waals surface area contributed by atoms with E-state index >= 15 is 0 Å². The van der Waals surface area contributed by atoms with Gasteiger partial charge < -0.3 is 14.8 Å². The van der Waals surface area contributed by atoms with Crippen molar-refractivity contribution in [3.63, 3.8) is 0 Å². The minimum absolute atomic E-state index is 0.0101. The maximum Gasteiger partial charge on any atom is 0.264 e. The van der Waals surface area contributed by atoms with Gasteiger partial charge in [-0.2, -0.15) is 0 Å². The second kappa shape index (κ2) is 11.5. The first-order chi connectivity index (χ1) is 17.0. The lowest BCUT2D eigenvalue weighted by Gasteiger charge is -2.29. The summed E-state index contributed by atoms with van der Waals surface area (Å²) < 4.78 is 10.6. The fraction of sp³-hybridized carbons (Fsp3) is 0.400. The van der Waals surface area contributed by atoms with Crippen LogP contribution in [0.15, 0.2) is 47.6 Å². The summed E-state index contributed by atoms with van der Waals surface area (Å²) in [6.45, 7) is 2.62. The number of hydrogen-bond donors (Lipinski definition) is 3. The molecule has 2 aliphatic heterocycles. The number of benzene rings is 2. The number of amides is 2. The highest BCUT2D eigenvalue weighted by atomic mass is 32.2. The van der Waals surface area contributed by atoms with Crippen LogP contribution in [0, 0.1) is 0 Å². The predicted molar refractivity (Wildman–Crippen MR) is 136 cm³/mol. The molecule has 0 bridgehead atoms. The van der Waals surface area contributed by atoms with Gasteiger partial charge in [-0.3, -0.25) is 14.6 Å². The average molecular weight is 498 g/mol. The third-order valence-corrected chi connectivity index (χ3v) is 7.10. The summed E-state index contributed by atoms with van der Waals surface area (Å²) in [5.74, 6) is 1.29. The van der Waals surface area contributed by atoms with Crippen molar-refractivity contribution in [2.24, 2.45) is 5.10 Å². The van der Waals surface area contributed by atoms with Gasteiger partial charge in [-0.15, -0.1) is 5.10 Å². The molecule has 35 heavy (non-hydrogen) atoms. The number of nitrogens with zero attached hydrogens (tertiary/aromatic N) is 2. The molecule has 2 unspecified atom stereocenters. The van der Waals surface area contributed by atoms with Gasteiger partial charge in [-0.1, -0.05) is 49.0 Å². The van der Waals surface area contributed by atoms with E-state index in [1.165, 1.54) is 17.3 Å². The van der Waals surface area contributed by atoms with Crippen molar-refractivity contribution in [2.75, 3.05) is 26.5 Å². The van der Waals surface area contributed by atoms with Gasteiger partial charge in [0.05, 0.1) is 26.0 Å². The second-order valence-corrected chi connectivity index (χ2v) is 9.29. The maximum absolute atomic E-state index is 12.4. The molecule has 2 atom stereocenters. The van der Waals surface area contributed by atoms with Gasteiger partial charge >= 0.3 is 0 Å². The quantitative estimate of drug-likeness (QED) is 0.489. The Labute approximate surface area is 209 Å². The molecule has 4 rings (SSSR count). The van der Waals surface area contributed by atoms with Crippen LogP contribution in [0.5, 0.6) is 11.5 Å². The number of carbonyl (C=O) groups is 2. The number of hydrazone groups is 1. The first-order valence-electron chi connectivity index (χ1n) is 11.6. The van der Waals surface area contributed by atoms with Crippen molar-refractivity contribution in [2.45, 2.75) is 38.3 Å². The summed E-state index contributed by atoms with van der Waals surface area (Å²) in [5.41, 5.74) is 9.44. The van der Waals surface area contributed by atoms with Crippen LogP contribution in [0.4, 0.5) is 0 Å². The largest absolute Gasteiger partial charge is 0.493 e. The van der Waals surface area contributed by atoms with E-state index in [4.69, 9.17) is 9.47 Å². The van der Waals surface area contributed by atoms with Crippen molar-refractivity contribution in [1.82, 2.24) is 21.2 Å². The third-order valence-electron chi connectivity index (χ3n) is 6.14. The maximum atomic E-state index is 12.4. The molecule has 2 aromatic rings. The van der Waals surface area contributed by atoms with E-state index in [0.29, 0.717) is 36.1 Å². The number of hydrogen-bond acceptors (Lipinski definition) is 8. The smallest absolute Gasteiger partial charge is 0.264 e. The highest BCUT2D eigenvalue weighted by Gasteiger charge is 2.41. The van der Waals surface area contributed by atoms with E-state index < -0.39 is 0 Å². The number of ether oxygens (including phenoxy) is 2. The van der Waals surface area contributed by atoms with Gasteiger partial charge in [0.2, 0.25) is 5.91 Å². The van der Waals surface area contributed by atoms with Crippen LogP contribution in [0.3, 0.4) is 0 Å². The average Bonchev–Trinajstić information content (AvgIpc) is 3.35. The van der Waals surface area contributed by atoms with Gasteiger partial charge in [0.25, 0.3) is 5.91 Å². The normalized spacial score (nSPS) is 19.0. The van der Waals surface area contributed by atoms with Gasteiger partial charge in [0, 0.05) is 6.54 Å². The van der Waals surface area contributed by atoms with Crippen LogP contribution in [-0.4, -0.2) is 54.5 Å². The van der Waals surface area contributed by atoms with E-state index in [2.05, 4.69) is 52.5 Å². The summed E-state index contributed by atoms with van der Waals surface area (Å²) in [7, 11) is 3.20. The van der Waals surface area contributed by atoms with Crippen LogP contribution in [0.25, 0.3) is 0 Å². The molecule has 2 heterocycles. The lowest BCUT2D eigenvalue weighted by molar-refractivity contribution is -0.125. The first kappa shape index (κ1) is 24.9. The minimum Gasteiger partial charge on any atom is -0.493 e. The Bertz CT molecular complexity index is 1090. The molecule has 186 valence electrons. The van der Waals surface area contributed by atoms with E-state index in [9.17, 15) is 9.59 Å². The second-order valence-electron chi connectivity index (χ2n) is 8.35. The van der Waals surface area contributed by atoms with Crippen molar-refractivity contribution < 1.29 is 19.1 Å². The van der Waals surface area contributed by atoms with Crippen molar-refractivity contribution in [3.05, 3.63) is 59.2 Å². The van der Waals surface area contributed by atoms with Crippen molar-refractivity contribution >= 4 is 28.7 Å². The zero-order valence-electron chi connectivity index (χ0n) is 20.2. The van der Waals surface area contributed by atoms with Gasteiger partial charge in [0.15, 0.2) is 16.7 Å². The number of methoxy groups -OCH3 is 2. The van der Waals surface area contributed by atoms with Crippen molar-refractivity contribution in [1.29, 1.82) is 0 Å². The molecule has 2 amide bonds. The molecule has 0 aromatic heterocycles. The summed E-state index contributed by atoms with van der Waals surface area (Å²) >= 11 is 1.29. The SMILES string of the molecule is CCc1ccc(C2CC3C(=O)NN=C(SCC(=O)NCCc4ccc(OC)c(OC)c4)N3N2)cc1. The van der Waals surface area contributed by atoms with Crippen LogP contribution in [0.1, 0.15) is 36.1 Å². The molecule has 3 N–H and O–H groups in total. The number of aryl methyl sites for hydroxylation is 1. The van der Waals surface area contributed by atoms with Gasteiger partial charge in [-0.05, 0) is 48.1 Å². The zero-order chi connectivity index (χ0) is 24.8. The zero-order valence-corrected chi connectivity index (χ0v) is 21.0. The number of fused-ring (bicyclic) bond motifs is 1. The highest BCUT2D eigenvalue weighted by molar-refractivity contribution is 8.14. The molecule has 0 aliphatic carbocycles. The predicted octanol–water partition coefficient (Wildman–Crippen LogP) is 2.38. The number of nitrogens with one attached hydrogen (secondary N) is 3. The van der Waals surface area contributed by atoms with Gasteiger partial charge in [0.1, 0.15) is 6.04 Å². The van der Waals surface area contributed by atoms with Crippen LogP contribution < -0.4 is 25.6 Å². The van der Waals surface area contributed by atoms with E-state index in [0.717, 1.165) is 17.5 Å². The molecule has 2 aliphatic rings. The standard InChI is InChI=1S/C25H31N5O4S/c1-4-16-5-8-18(9-6-16)19-14-20-24(32)27-28-25(30(20)29-19)35-15-23(31)26-12-11-17-7-10-21(33-2)22(13-17)34-3/h5-10,13,19-20,29H,4,11-12,14-15H2,1-3H3,(H,26,31)(H,27,32). The lowest BCUT2D eigenvalue weighted by Crippen LogP contribution is -2.52. The molecule has 9 nitrogen and oxygen atoms in total. The Morgan fingerprint density at radius 2 is 1.89 bits per heavy atom. The topological polar surface area (TPSA) is 104 Å². The molecule has 1 saturated heterocycles. The fourth-order valence-electron chi connectivity index (χ4n) is 4.14. The van der Waals surface area contributed by atoms with Gasteiger partial charge in [-0.25, -0.2) is 10.9 Å². The number of rotatable bonds is 9. The Hall–Kier alpha value is -3.24. The van der Waals surface area contributed by atoms with Crippen LogP contribution in [-0.2, 0) is 22.4 Å². The number of hydrazine groups is 1. The fourth-order valence-corrected chi connectivity index (χ4v) is 4.94. The number of carbonyl (C=O) groups excluding carboxylic acids is 2. The van der Waals surface area contributed by atoms with E-state index in [-0.39, 0.29) is 29.7 Å². The monoisotopic (exact) mass is 497 g/mol. The summed E-state index contributed by atoms with van der Waals surface area (Å²) in [5, 5.41) is 9.49. The Morgan fingerprint density at radius 3 is 2.60 bits per heavy atom. The third kappa shape index (κ3) is 5.88. The molecular weight excluding hydrogens is 466 g/mol. The molecule has 0 saturated carbocycles. The van der Waals surface area contributed by atoms with Crippen molar-refractivity contribution in [3.8, 4) is 11.5 Å². The Kier molecular flexibility index (Phi) is 8.14. The summed E-state index contributed by atoms with van der Waals surface area (Å²) in [6.07, 6.45) is 2.29. The molecule has 0 radical (unpaired) electrons. The summed E-state index contributed by atoms with van der Waals surface area (Å²) in [6, 6.07) is 13.8. The van der Waals surface area contributed by atoms with E-state index in [1.54, 1.807) is 19.2 Å². The van der Waals surface area contributed by atoms with Crippen LogP contribution >= 0.6 is 11.8 Å². The molecule has 10 heteroatoms. The lowest BCUT2D eigenvalue weighted by atomic mass is 10.00. The van der Waals surface area contributed by atoms with Crippen LogP contribution in [0.2, 0.25) is 0 Å². The Morgan fingerprint density at radius 1 is 1.14 bits per heavy atom. The number of amidine groups is 1. The minimum atomic E-state index is -0.362. The molecular formula is C25H31N5O4S. The highest BCUT2D eigenvalue weighted by Crippen LogP contribution is 2.31. The summed E-state index contributed by atoms with van der Waals surface area (Å²) in [4.78, 5) is 24.8. The molecule has 1 fully saturated rings. The number of thioether (sulfide) groups is 1. The Balaban J connectivity index is 1.28. The van der Waals surface area contributed by atoms with E-state index in [1.807, 2.05) is 18.2 Å².